The second-order valence-electron chi connectivity index (χ2n) is 7.61. The van der Waals surface area contributed by atoms with Crippen molar-refractivity contribution < 1.29 is 9.59 Å². The molecule has 2 aliphatic heterocycles. The van der Waals surface area contributed by atoms with E-state index >= 15 is 0 Å². The Morgan fingerprint density at radius 3 is 2.62 bits per heavy atom. The number of amides is 2. The van der Waals surface area contributed by atoms with E-state index in [9.17, 15) is 9.59 Å². The number of nitrogens with zero attached hydrogens (tertiary/aromatic N) is 3. The van der Waals surface area contributed by atoms with Crippen LogP contribution in [0.25, 0.3) is 0 Å². The van der Waals surface area contributed by atoms with Crippen LogP contribution in [0.1, 0.15) is 44.6 Å². The van der Waals surface area contributed by atoms with Crippen LogP contribution in [0.15, 0.2) is 29.3 Å². The number of rotatable bonds is 6. The van der Waals surface area contributed by atoms with Crippen molar-refractivity contribution in [3.63, 3.8) is 0 Å². The molecule has 0 aliphatic carbocycles. The van der Waals surface area contributed by atoms with Gasteiger partial charge in [0.05, 0.1) is 6.54 Å². The molecule has 3 N–H and O–H groups in total. The van der Waals surface area contributed by atoms with Gasteiger partial charge in [-0.15, -0.1) is 24.0 Å². The molecule has 0 saturated carbocycles. The fraction of sp³-hybridized carbons (Fsp3) is 0.571. The zero-order valence-electron chi connectivity index (χ0n) is 17.1. The van der Waals surface area contributed by atoms with E-state index in [0.717, 1.165) is 62.7 Å². The van der Waals surface area contributed by atoms with E-state index in [1.165, 1.54) is 0 Å². The summed E-state index contributed by atoms with van der Waals surface area (Å²) in [6.07, 6.45) is 4.09. The molecule has 0 bridgehead atoms. The third kappa shape index (κ3) is 6.58. The molecule has 3 rings (SSSR count). The molecule has 29 heavy (non-hydrogen) atoms. The Balaban J connectivity index is 0.00000300. The van der Waals surface area contributed by atoms with E-state index in [1.54, 1.807) is 0 Å². The van der Waals surface area contributed by atoms with Gasteiger partial charge >= 0.3 is 0 Å². The fourth-order valence-corrected chi connectivity index (χ4v) is 4.00. The van der Waals surface area contributed by atoms with Crippen LogP contribution in [-0.4, -0.2) is 48.9 Å². The van der Waals surface area contributed by atoms with Crippen LogP contribution >= 0.6 is 24.0 Å². The number of hydrogen-bond acceptors (Lipinski definition) is 3. The maximum absolute atomic E-state index is 11.9. The standard InChI is InChI=1S/C21H31N5O2.HI/c1-2-23-21(25-11-3-5-17(15-25)13-19(22)27)24-14-16-7-9-18(10-8-16)26-12-4-6-20(26)28;/h7-10,17H,2-6,11-15H2,1H3,(H2,22,27)(H,23,24);1H. The van der Waals surface area contributed by atoms with Crippen LogP contribution in [0.3, 0.4) is 0 Å². The fourth-order valence-electron chi connectivity index (χ4n) is 4.00. The zero-order valence-corrected chi connectivity index (χ0v) is 19.4. The van der Waals surface area contributed by atoms with Crippen LogP contribution in [0.5, 0.6) is 0 Å². The monoisotopic (exact) mass is 513 g/mol. The normalized spacial score (nSPS) is 19.8. The molecule has 1 atom stereocenters. The van der Waals surface area contributed by atoms with Crippen LogP contribution in [-0.2, 0) is 16.1 Å². The quantitative estimate of drug-likeness (QED) is 0.348. The van der Waals surface area contributed by atoms with Crippen LogP contribution in [0.2, 0.25) is 0 Å². The number of nitrogens with one attached hydrogen (secondary N) is 1. The van der Waals surface area contributed by atoms with Gasteiger partial charge in [-0.1, -0.05) is 12.1 Å². The Morgan fingerprint density at radius 2 is 2.00 bits per heavy atom. The minimum atomic E-state index is -0.231. The summed E-state index contributed by atoms with van der Waals surface area (Å²) in [5.74, 6) is 1.16. The highest BCUT2D eigenvalue weighted by atomic mass is 127. The second kappa shape index (κ2) is 11.4. The molecule has 8 heteroatoms. The van der Waals surface area contributed by atoms with Crippen molar-refractivity contribution in [2.24, 2.45) is 16.6 Å². The number of piperidine rings is 1. The summed E-state index contributed by atoms with van der Waals surface area (Å²) < 4.78 is 0. The van der Waals surface area contributed by atoms with Gasteiger partial charge in [-0.2, -0.15) is 0 Å². The minimum Gasteiger partial charge on any atom is -0.370 e. The first-order valence-corrected chi connectivity index (χ1v) is 10.3. The van der Waals surface area contributed by atoms with E-state index in [0.29, 0.717) is 25.3 Å². The Morgan fingerprint density at radius 1 is 1.24 bits per heavy atom. The van der Waals surface area contributed by atoms with Crippen LogP contribution in [0, 0.1) is 5.92 Å². The molecule has 7 nitrogen and oxygen atoms in total. The third-order valence-corrected chi connectivity index (χ3v) is 5.38. The van der Waals surface area contributed by atoms with Crippen LogP contribution < -0.4 is 16.0 Å². The van der Waals surface area contributed by atoms with E-state index in [4.69, 9.17) is 10.7 Å². The number of carbonyl (C=O) groups is 2. The predicted octanol–water partition coefficient (Wildman–Crippen LogP) is 2.48. The molecule has 1 unspecified atom stereocenters. The van der Waals surface area contributed by atoms with Crippen molar-refractivity contribution in [2.45, 2.75) is 45.6 Å². The SMILES string of the molecule is CCNC(=NCc1ccc(N2CCCC2=O)cc1)N1CCCC(CC(N)=O)C1.I. The Kier molecular flexibility index (Phi) is 9.19. The third-order valence-electron chi connectivity index (χ3n) is 5.38. The molecule has 2 saturated heterocycles. The number of benzene rings is 1. The average Bonchev–Trinajstić information content (AvgIpc) is 3.11. The number of halogens is 1. The van der Waals surface area contributed by atoms with Gasteiger partial charge in [-0.25, -0.2) is 4.99 Å². The predicted molar refractivity (Wildman–Crippen MR) is 126 cm³/mol. The van der Waals surface area contributed by atoms with Gasteiger partial charge < -0.3 is 20.9 Å². The van der Waals surface area contributed by atoms with E-state index in [2.05, 4.69) is 17.1 Å². The molecule has 0 aromatic heterocycles. The lowest BCUT2D eigenvalue weighted by molar-refractivity contribution is -0.119. The van der Waals surface area contributed by atoms with Crippen molar-refractivity contribution in [3.8, 4) is 0 Å². The van der Waals surface area contributed by atoms with Crippen molar-refractivity contribution >= 4 is 47.4 Å². The van der Waals surface area contributed by atoms with Crippen molar-refractivity contribution in [1.29, 1.82) is 0 Å². The van der Waals surface area contributed by atoms with E-state index in [1.807, 2.05) is 29.2 Å². The highest BCUT2D eigenvalue weighted by molar-refractivity contribution is 14.0. The van der Waals surface area contributed by atoms with Gasteiger partial charge in [0.1, 0.15) is 0 Å². The number of nitrogens with two attached hydrogens (primary N) is 1. The number of primary amides is 1. The number of hydrogen-bond donors (Lipinski definition) is 2. The molecule has 2 heterocycles. The maximum atomic E-state index is 11.9. The summed E-state index contributed by atoms with van der Waals surface area (Å²) in [6, 6.07) is 8.09. The lowest BCUT2D eigenvalue weighted by Crippen LogP contribution is -2.47. The smallest absolute Gasteiger partial charge is 0.227 e. The summed E-state index contributed by atoms with van der Waals surface area (Å²) in [5, 5.41) is 3.37. The minimum absolute atomic E-state index is 0. The average molecular weight is 513 g/mol. The zero-order chi connectivity index (χ0) is 19.9. The maximum Gasteiger partial charge on any atom is 0.227 e. The summed E-state index contributed by atoms with van der Waals surface area (Å²) in [7, 11) is 0. The van der Waals surface area contributed by atoms with Gasteiger partial charge in [-0.05, 0) is 49.8 Å². The molecular weight excluding hydrogens is 481 g/mol. The number of likely N-dealkylation sites (tertiary alicyclic amines) is 1. The number of anilines is 1. The largest absolute Gasteiger partial charge is 0.370 e. The van der Waals surface area contributed by atoms with Crippen molar-refractivity contribution in [2.75, 3.05) is 31.1 Å². The van der Waals surface area contributed by atoms with E-state index < -0.39 is 0 Å². The lowest BCUT2D eigenvalue weighted by atomic mass is 9.95. The van der Waals surface area contributed by atoms with Gasteiger partial charge in [0, 0.05) is 44.7 Å². The molecule has 160 valence electrons. The number of carbonyl (C=O) groups excluding carboxylic acids is 2. The molecule has 2 fully saturated rings. The molecule has 2 amide bonds. The number of aliphatic imine (C=N–C) groups is 1. The lowest BCUT2D eigenvalue weighted by Gasteiger charge is -2.34. The second-order valence-corrected chi connectivity index (χ2v) is 7.61. The highest BCUT2D eigenvalue weighted by Gasteiger charge is 2.24. The van der Waals surface area contributed by atoms with Crippen molar-refractivity contribution in [3.05, 3.63) is 29.8 Å². The first-order chi connectivity index (χ1) is 13.6. The van der Waals surface area contributed by atoms with Gasteiger partial charge in [0.25, 0.3) is 0 Å². The molecule has 1 aromatic rings. The summed E-state index contributed by atoms with van der Waals surface area (Å²) in [6.45, 7) is 5.99. The molecule has 2 aliphatic rings. The Hall–Kier alpha value is -1.84. The first kappa shape index (κ1) is 23.4. The van der Waals surface area contributed by atoms with Gasteiger partial charge in [-0.3, -0.25) is 9.59 Å². The molecule has 1 aromatic carbocycles. The van der Waals surface area contributed by atoms with Gasteiger partial charge in [0.2, 0.25) is 11.8 Å². The topological polar surface area (TPSA) is 91.0 Å². The molecule has 0 radical (unpaired) electrons. The Bertz CT molecular complexity index is 722. The molecular formula is C21H32IN5O2. The highest BCUT2D eigenvalue weighted by Crippen LogP contribution is 2.22. The Labute approximate surface area is 190 Å². The molecule has 0 spiro atoms. The summed E-state index contributed by atoms with van der Waals surface area (Å²) >= 11 is 0. The summed E-state index contributed by atoms with van der Waals surface area (Å²) in [4.78, 5) is 32.0. The number of guanidine groups is 1. The summed E-state index contributed by atoms with van der Waals surface area (Å²) in [5.41, 5.74) is 7.45. The van der Waals surface area contributed by atoms with Gasteiger partial charge in [0.15, 0.2) is 5.96 Å². The van der Waals surface area contributed by atoms with Crippen LogP contribution in [0.4, 0.5) is 5.69 Å². The van der Waals surface area contributed by atoms with E-state index in [-0.39, 0.29) is 35.8 Å². The van der Waals surface area contributed by atoms with Crippen molar-refractivity contribution in [1.82, 2.24) is 10.2 Å². The first-order valence-electron chi connectivity index (χ1n) is 10.3.